The van der Waals surface area contributed by atoms with Crippen molar-refractivity contribution >= 4 is 23.4 Å². The highest BCUT2D eigenvalue weighted by atomic mass is 35.5. The Kier molecular flexibility index (Phi) is 7.56. The van der Waals surface area contributed by atoms with Crippen molar-refractivity contribution in [3.63, 3.8) is 0 Å². The number of aryl methyl sites for hydroxylation is 1. The first-order valence-corrected chi connectivity index (χ1v) is 12.0. The standard InChI is InChI=1S/C26H31ClN2O4/c1-20-8-10-21(11-9-20)25(31)29-14-15-33-26(18-29,17-24(30)28-12-3-2-4-13-28)19-32-23-7-5-6-22(27)16-23/h5-11,16H,2-4,12-15,17-19H2,1H3/t26-/m0/s1. The van der Waals surface area contributed by atoms with E-state index < -0.39 is 5.60 Å². The highest BCUT2D eigenvalue weighted by Gasteiger charge is 2.42. The van der Waals surface area contributed by atoms with Crippen molar-refractivity contribution in [3.05, 3.63) is 64.7 Å². The number of piperidine rings is 1. The van der Waals surface area contributed by atoms with Crippen molar-refractivity contribution in [1.82, 2.24) is 9.80 Å². The second-order valence-corrected chi connectivity index (χ2v) is 9.42. The average molecular weight is 471 g/mol. The largest absolute Gasteiger partial charge is 0.490 e. The van der Waals surface area contributed by atoms with Crippen molar-refractivity contribution in [2.45, 2.75) is 38.2 Å². The average Bonchev–Trinajstić information content (AvgIpc) is 2.84. The molecule has 6 nitrogen and oxygen atoms in total. The molecule has 2 amide bonds. The van der Waals surface area contributed by atoms with Gasteiger partial charge in [0.15, 0.2) is 0 Å². The lowest BCUT2D eigenvalue weighted by Crippen LogP contribution is -2.58. The fourth-order valence-corrected chi connectivity index (χ4v) is 4.62. The number of carbonyl (C=O) groups excluding carboxylic acids is 2. The van der Waals surface area contributed by atoms with Crippen LogP contribution in [0.25, 0.3) is 0 Å². The van der Waals surface area contributed by atoms with Crippen LogP contribution in [0.4, 0.5) is 0 Å². The minimum atomic E-state index is -0.921. The van der Waals surface area contributed by atoms with Crippen molar-refractivity contribution in [3.8, 4) is 5.75 Å². The van der Waals surface area contributed by atoms with E-state index >= 15 is 0 Å². The van der Waals surface area contributed by atoms with Crippen LogP contribution in [-0.2, 0) is 9.53 Å². The fraction of sp³-hybridized carbons (Fsp3) is 0.462. The zero-order valence-corrected chi connectivity index (χ0v) is 19.9. The van der Waals surface area contributed by atoms with E-state index in [1.54, 1.807) is 17.0 Å². The number of morpholine rings is 1. The predicted molar refractivity (Wildman–Crippen MR) is 128 cm³/mol. The van der Waals surface area contributed by atoms with Crippen LogP contribution in [0, 0.1) is 6.92 Å². The maximum absolute atomic E-state index is 13.2. The van der Waals surface area contributed by atoms with Crippen LogP contribution in [0.2, 0.25) is 5.02 Å². The first-order chi connectivity index (χ1) is 15.9. The topological polar surface area (TPSA) is 59.1 Å². The van der Waals surface area contributed by atoms with E-state index in [1.807, 2.05) is 48.2 Å². The molecule has 0 aliphatic carbocycles. The third kappa shape index (κ3) is 6.06. The zero-order chi connectivity index (χ0) is 23.3. The number of nitrogens with zero attached hydrogens (tertiary/aromatic N) is 2. The Bertz CT molecular complexity index is 975. The Labute approximate surface area is 200 Å². The molecule has 0 bridgehead atoms. The maximum atomic E-state index is 13.2. The highest BCUT2D eigenvalue weighted by molar-refractivity contribution is 6.30. The van der Waals surface area contributed by atoms with E-state index in [2.05, 4.69) is 0 Å². The van der Waals surface area contributed by atoms with E-state index in [4.69, 9.17) is 21.1 Å². The Morgan fingerprint density at radius 1 is 1.03 bits per heavy atom. The van der Waals surface area contributed by atoms with E-state index in [-0.39, 0.29) is 24.8 Å². The number of amides is 2. The van der Waals surface area contributed by atoms with Gasteiger partial charge in [0.1, 0.15) is 18.0 Å². The number of benzene rings is 2. The number of rotatable bonds is 6. The number of halogens is 1. The molecule has 0 aromatic heterocycles. The summed E-state index contributed by atoms with van der Waals surface area (Å²) >= 11 is 6.11. The summed E-state index contributed by atoms with van der Waals surface area (Å²) in [5.41, 5.74) is 0.814. The second kappa shape index (κ2) is 10.6. The van der Waals surface area contributed by atoms with Crippen LogP contribution >= 0.6 is 11.6 Å². The van der Waals surface area contributed by atoms with E-state index in [1.165, 1.54) is 0 Å². The molecule has 0 saturated carbocycles. The van der Waals surface area contributed by atoms with Gasteiger partial charge in [0.25, 0.3) is 5.91 Å². The van der Waals surface area contributed by atoms with Gasteiger partial charge < -0.3 is 19.3 Å². The Hall–Kier alpha value is -2.57. The molecule has 2 aliphatic rings. The van der Waals surface area contributed by atoms with Gasteiger partial charge in [-0.25, -0.2) is 0 Å². The normalized spacial score (nSPS) is 21.0. The Morgan fingerprint density at radius 2 is 1.79 bits per heavy atom. The lowest BCUT2D eigenvalue weighted by atomic mass is 9.95. The van der Waals surface area contributed by atoms with Gasteiger partial charge in [-0.05, 0) is 56.5 Å². The number of hydrogen-bond acceptors (Lipinski definition) is 4. The molecular weight excluding hydrogens is 440 g/mol. The SMILES string of the molecule is Cc1ccc(C(=O)N2CCO[C@@](COc3cccc(Cl)c3)(CC(=O)N3CCCCC3)C2)cc1. The molecule has 0 spiro atoms. The van der Waals surface area contributed by atoms with Crippen molar-refractivity contribution in [2.24, 2.45) is 0 Å². The van der Waals surface area contributed by atoms with Crippen LogP contribution in [0.1, 0.15) is 41.6 Å². The lowest BCUT2D eigenvalue weighted by Gasteiger charge is -2.43. The van der Waals surface area contributed by atoms with Gasteiger partial charge in [-0.1, -0.05) is 35.4 Å². The summed E-state index contributed by atoms with van der Waals surface area (Å²) in [6, 6.07) is 14.7. The van der Waals surface area contributed by atoms with Crippen LogP contribution in [0.3, 0.4) is 0 Å². The van der Waals surface area contributed by atoms with Gasteiger partial charge in [-0.2, -0.15) is 0 Å². The van der Waals surface area contributed by atoms with Gasteiger partial charge in [0.05, 0.1) is 19.6 Å². The molecular formula is C26H31ClN2O4. The quantitative estimate of drug-likeness (QED) is 0.630. The molecule has 2 heterocycles. The van der Waals surface area contributed by atoms with Crippen LogP contribution in [0.15, 0.2) is 48.5 Å². The summed E-state index contributed by atoms with van der Waals surface area (Å²) < 4.78 is 12.3. The Balaban J connectivity index is 1.53. The van der Waals surface area contributed by atoms with Gasteiger partial charge >= 0.3 is 0 Å². The summed E-state index contributed by atoms with van der Waals surface area (Å²) in [6.45, 7) is 4.82. The molecule has 176 valence electrons. The van der Waals surface area contributed by atoms with Crippen molar-refractivity contribution in [2.75, 3.05) is 39.4 Å². The number of ether oxygens (including phenoxy) is 2. The molecule has 2 aromatic rings. The summed E-state index contributed by atoms with van der Waals surface area (Å²) in [5.74, 6) is 0.600. The van der Waals surface area contributed by atoms with Crippen molar-refractivity contribution in [1.29, 1.82) is 0 Å². The molecule has 0 radical (unpaired) electrons. The molecule has 0 N–H and O–H groups in total. The molecule has 2 aromatic carbocycles. The predicted octanol–water partition coefficient (Wildman–Crippen LogP) is 4.34. The smallest absolute Gasteiger partial charge is 0.254 e. The zero-order valence-electron chi connectivity index (χ0n) is 19.1. The van der Waals surface area contributed by atoms with Gasteiger partial charge in [0.2, 0.25) is 5.91 Å². The highest BCUT2D eigenvalue weighted by Crippen LogP contribution is 2.28. The summed E-state index contributed by atoms with van der Waals surface area (Å²) in [6.07, 6.45) is 3.38. The third-order valence-corrected chi connectivity index (χ3v) is 6.55. The fourth-order valence-electron chi connectivity index (χ4n) is 4.44. The van der Waals surface area contributed by atoms with Crippen LogP contribution in [0.5, 0.6) is 5.75 Å². The molecule has 7 heteroatoms. The molecule has 0 unspecified atom stereocenters. The van der Waals surface area contributed by atoms with Crippen LogP contribution < -0.4 is 4.74 Å². The summed E-state index contributed by atoms with van der Waals surface area (Å²) in [7, 11) is 0. The number of likely N-dealkylation sites (tertiary alicyclic amines) is 1. The molecule has 1 atom stereocenters. The van der Waals surface area contributed by atoms with E-state index in [0.717, 1.165) is 37.9 Å². The number of hydrogen-bond donors (Lipinski definition) is 0. The van der Waals surface area contributed by atoms with E-state index in [0.29, 0.717) is 36.0 Å². The molecule has 2 fully saturated rings. The molecule has 33 heavy (non-hydrogen) atoms. The number of carbonyl (C=O) groups is 2. The maximum Gasteiger partial charge on any atom is 0.254 e. The van der Waals surface area contributed by atoms with Gasteiger partial charge in [0, 0.05) is 30.2 Å². The minimum absolute atomic E-state index is 0.0500. The molecule has 2 saturated heterocycles. The lowest BCUT2D eigenvalue weighted by molar-refractivity contribution is -0.153. The van der Waals surface area contributed by atoms with Gasteiger partial charge in [-0.3, -0.25) is 9.59 Å². The van der Waals surface area contributed by atoms with Gasteiger partial charge in [-0.15, -0.1) is 0 Å². The summed E-state index contributed by atoms with van der Waals surface area (Å²) in [5, 5.41) is 0.576. The van der Waals surface area contributed by atoms with Crippen molar-refractivity contribution < 1.29 is 19.1 Å². The van der Waals surface area contributed by atoms with Crippen LogP contribution in [-0.4, -0.2) is 66.6 Å². The molecule has 2 aliphatic heterocycles. The minimum Gasteiger partial charge on any atom is -0.490 e. The monoisotopic (exact) mass is 470 g/mol. The first-order valence-electron chi connectivity index (χ1n) is 11.6. The van der Waals surface area contributed by atoms with E-state index in [9.17, 15) is 9.59 Å². The Morgan fingerprint density at radius 3 is 2.52 bits per heavy atom. The molecule has 4 rings (SSSR count). The third-order valence-electron chi connectivity index (χ3n) is 6.31. The summed E-state index contributed by atoms with van der Waals surface area (Å²) in [4.78, 5) is 30.1. The first kappa shape index (κ1) is 23.6. The second-order valence-electron chi connectivity index (χ2n) is 8.99.